The molecule has 3 aliphatic rings. The van der Waals surface area contributed by atoms with Gasteiger partial charge in [-0.3, -0.25) is 0 Å². The Hall–Kier alpha value is -4.23. The number of azo groups is 1. The van der Waals surface area contributed by atoms with E-state index in [-0.39, 0.29) is 17.8 Å². The number of halogens is 2. The van der Waals surface area contributed by atoms with Crippen LogP contribution in [0.5, 0.6) is 5.75 Å². The van der Waals surface area contributed by atoms with Crippen LogP contribution in [0.2, 0.25) is 10.0 Å². The van der Waals surface area contributed by atoms with Crippen LogP contribution in [0, 0.1) is 0 Å². The topological polar surface area (TPSA) is 111 Å². The van der Waals surface area contributed by atoms with Gasteiger partial charge in [0.25, 0.3) is 0 Å². The van der Waals surface area contributed by atoms with Crippen molar-refractivity contribution in [3.63, 3.8) is 0 Å². The summed E-state index contributed by atoms with van der Waals surface area (Å²) in [7, 11) is 0. The molecule has 0 bridgehead atoms. The summed E-state index contributed by atoms with van der Waals surface area (Å²) in [5.41, 5.74) is 3.64. The highest BCUT2D eigenvalue weighted by molar-refractivity contribution is 6.35. The van der Waals surface area contributed by atoms with Gasteiger partial charge in [-0.1, -0.05) is 36.2 Å². The molecule has 0 amide bonds. The molecule has 256 valence electrons. The molecule has 4 atom stereocenters. The monoisotopic (exact) mass is 704 g/mol. The maximum absolute atomic E-state index is 12.8. The Balaban J connectivity index is 0.922. The number of nitrogens with zero attached hydrogens (tertiary/aromatic N) is 8. The minimum Gasteiger partial charge on any atom is -0.491 e. The van der Waals surface area contributed by atoms with E-state index in [1.165, 1.54) is 11.0 Å². The maximum atomic E-state index is 12.8. The van der Waals surface area contributed by atoms with Crippen LogP contribution in [-0.2, 0) is 15.3 Å². The largest absolute Gasteiger partial charge is 0.491 e. The number of piperazine rings is 1. The standard InChI is InChI=1S/C35H38Cl2N8O4/c1-3-24(2)45-34(46)44(23-40-45)28-7-5-26(6-8-28)42-14-16-43(17-15-42)27-9-11-29(12-10-27)47-20-30-21-48-35(49-30,19-33-38-22-39-41-33)31-13-4-25(36)18-32(31)37/h4-13,18,22-24,30,33H,3,14-17,19-21H2,1-2H3/t24?,30-,33?,35-/m0/s1. The van der Waals surface area contributed by atoms with Crippen LogP contribution in [0.25, 0.3) is 5.69 Å². The van der Waals surface area contributed by atoms with Gasteiger partial charge in [-0.05, 0) is 74.0 Å². The Morgan fingerprint density at radius 1 is 0.959 bits per heavy atom. The zero-order chi connectivity index (χ0) is 34.0. The average molecular weight is 706 g/mol. The van der Waals surface area contributed by atoms with Crippen molar-refractivity contribution in [3.8, 4) is 11.4 Å². The van der Waals surface area contributed by atoms with E-state index < -0.39 is 12.0 Å². The second kappa shape index (κ2) is 14.3. The molecule has 49 heavy (non-hydrogen) atoms. The molecule has 0 N–H and O–H groups in total. The van der Waals surface area contributed by atoms with E-state index in [0.29, 0.717) is 35.2 Å². The van der Waals surface area contributed by atoms with E-state index in [2.05, 4.69) is 54.4 Å². The Morgan fingerprint density at radius 3 is 2.27 bits per heavy atom. The van der Waals surface area contributed by atoms with Crippen LogP contribution in [0.4, 0.5) is 11.4 Å². The van der Waals surface area contributed by atoms with Crippen molar-refractivity contribution in [2.24, 2.45) is 15.2 Å². The number of rotatable bonds is 11. The smallest absolute Gasteiger partial charge is 0.350 e. The summed E-state index contributed by atoms with van der Waals surface area (Å²) in [6.45, 7) is 8.20. The molecule has 0 aliphatic carbocycles. The van der Waals surface area contributed by atoms with Crippen LogP contribution in [-0.4, -0.2) is 72.3 Å². The fraction of sp³-hybridized carbons (Fsp3) is 0.400. The van der Waals surface area contributed by atoms with E-state index >= 15 is 0 Å². The summed E-state index contributed by atoms with van der Waals surface area (Å²) >= 11 is 12.7. The molecule has 0 radical (unpaired) electrons. The molecule has 2 unspecified atom stereocenters. The Bertz CT molecular complexity index is 1860. The Kier molecular flexibility index (Phi) is 9.73. The molecular formula is C35H38Cl2N8O4. The molecule has 7 rings (SSSR count). The molecule has 2 saturated heterocycles. The summed E-state index contributed by atoms with van der Waals surface area (Å²) < 4.78 is 22.0. The van der Waals surface area contributed by atoms with Gasteiger partial charge in [0.15, 0.2) is 6.17 Å². The fourth-order valence-corrected chi connectivity index (χ4v) is 6.89. The van der Waals surface area contributed by atoms with E-state index in [4.69, 9.17) is 37.4 Å². The molecule has 4 heterocycles. The third kappa shape index (κ3) is 7.09. The van der Waals surface area contributed by atoms with Gasteiger partial charge in [-0.2, -0.15) is 10.2 Å². The van der Waals surface area contributed by atoms with Crippen LogP contribution in [0.15, 0.2) is 93.1 Å². The third-order valence-electron chi connectivity index (χ3n) is 9.25. The lowest BCUT2D eigenvalue weighted by Crippen LogP contribution is -2.46. The number of anilines is 2. The lowest BCUT2D eigenvalue weighted by Gasteiger charge is -2.37. The van der Waals surface area contributed by atoms with Crippen LogP contribution in [0.1, 0.15) is 38.3 Å². The molecule has 1 aromatic heterocycles. The highest BCUT2D eigenvalue weighted by Crippen LogP contribution is 2.43. The lowest BCUT2D eigenvalue weighted by atomic mass is 10.0. The van der Waals surface area contributed by atoms with Crippen molar-refractivity contribution in [2.45, 2.75) is 50.8 Å². The van der Waals surface area contributed by atoms with E-state index in [0.717, 1.165) is 55.4 Å². The summed E-state index contributed by atoms with van der Waals surface area (Å²) in [5.74, 6) is -0.401. The van der Waals surface area contributed by atoms with Gasteiger partial charge in [0.1, 0.15) is 31.1 Å². The van der Waals surface area contributed by atoms with Crippen molar-refractivity contribution >= 4 is 40.9 Å². The van der Waals surface area contributed by atoms with Crippen LogP contribution >= 0.6 is 23.2 Å². The molecule has 12 nitrogen and oxygen atoms in total. The van der Waals surface area contributed by atoms with Gasteiger partial charge >= 0.3 is 5.69 Å². The SMILES string of the molecule is CCC(C)n1ncn(-c2ccc(N3CCN(c4ccc(OC[C@H]5CO[C@](CC6N=CN=N6)(c6ccc(Cl)cc6Cl)O5)cc4)CC3)cc2)c1=O. The van der Waals surface area contributed by atoms with Gasteiger partial charge in [0, 0.05) is 48.1 Å². The predicted octanol–water partition coefficient (Wildman–Crippen LogP) is 6.50. The highest BCUT2D eigenvalue weighted by Gasteiger charge is 2.47. The first kappa shape index (κ1) is 33.3. The van der Waals surface area contributed by atoms with Gasteiger partial charge in [-0.25, -0.2) is 19.0 Å². The maximum Gasteiger partial charge on any atom is 0.350 e. The summed E-state index contributed by atoms with van der Waals surface area (Å²) in [6.07, 6.45) is 3.44. The average Bonchev–Trinajstić information content (AvgIpc) is 3.88. The third-order valence-corrected chi connectivity index (χ3v) is 9.80. The van der Waals surface area contributed by atoms with Gasteiger partial charge in [0.05, 0.1) is 29.8 Å². The Labute approximate surface area is 294 Å². The van der Waals surface area contributed by atoms with Crippen LogP contribution < -0.4 is 20.2 Å². The second-order valence-corrected chi connectivity index (χ2v) is 13.2. The zero-order valence-electron chi connectivity index (χ0n) is 27.4. The molecule has 3 aromatic carbocycles. The van der Waals surface area contributed by atoms with Crippen molar-refractivity contribution in [3.05, 3.63) is 99.2 Å². The highest BCUT2D eigenvalue weighted by atomic mass is 35.5. The summed E-state index contributed by atoms with van der Waals surface area (Å²) in [5, 5.41) is 13.3. The number of aliphatic imine (C=N–C) groups is 1. The summed E-state index contributed by atoms with van der Waals surface area (Å²) in [4.78, 5) is 21.8. The molecule has 0 saturated carbocycles. The molecule has 0 spiro atoms. The molecule has 2 fully saturated rings. The van der Waals surface area contributed by atoms with Crippen molar-refractivity contribution < 1.29 is 14.2 Å². The normalized spacial score (nSPS) is 22.6. The fourth-order valence-electron chi connectivity index (χ4n) is 6.34. The first-order chi connectivity index (χ1) is 23.8. The molecule has 3 aliphatic heterocycles. The van der Waals surface area contributed by atoms with Gasteiger partial charge in [0.2, 0.25) is 5.79 Å². The van der Waals surface area contributed by atoms with Crippen molar-refractivity contribution in [1.82, 2.24) is 14.3 Å². The molecule has 14 heteroatoms. The summed E-state index contributed by atoms with van der Waals surface area (Å²) in [6, 6.07) is 21.6. The van der Waals surface area contributed by atoms with Crippen molar-refractivity contribution in [2.75, 3.05) is 49.2 Å². The van der Waals surface area contributed by atoms with Gasteiger partial charge in [-0.15, -0.1) is 5.11 Å². The minimum absolute atomic E-state index is 0.0640. The van der Waals surface area contributed by atoms with Crippen molar-refractivity contribution in [1.29, 1.82) is 0 Å². The van der Waals surface area contributed by atoms with E-state index in [9.17, 15) is 4.79 Å². The predicted molar refractivity (Wildman–Crippen MR) is 190 cm³/mol. The number of aromatic nitrogens is 3. The number of benzene rings is 3. The number of hydrogen-bond acceptors (Lipinski definition) is 10. The zero-order valence-corrected chi connectivity index (χ0v) is 28.9. The van der Waals surface area contributed by atoms with E-state index in [1.807, 2.05) is 44.2 Å². The number of ether oxygens (including phenoxy) is 3. The molecular weight excluding hydrogens is 667 g/mol. The quantitative estimate of drug-likeness (QED) is 0.175. The Morgan fingerprint density at radius 2 is 1.63 bits per heavy atom. The second-order valence-electron chi connectivity index (χ2n) is 12.4. The number of hydrogen-bond donors (Lipinski definition) is 0. The van der Waals surface area contributed by atoms with Gasteiger partial charge < -0.3 is 24.0 Å². The van der Waals surface area contributed by atoms with Crippen LogP contribution in [0.3, 0.4) is 0 Å². The lowest BCUT2D eigenvalue weighted by molar-refractivity contribution is -0.186. The van der Waals surface area contributed by atoms with E-state index in [1.54, 1.807) is 23.0 Å². The first-order valence-corrected chi connectivity index (χ1v) is 17.3. The molecule has 4 aromatic rings. The minimum atomic E-state index is -1.15. The first-order valence-electron chi connectivity index (χ1n) is 16.5.